The van der Waals surface area contributed by atoms with Gasteiger partial charge in [0, 0.05) is 24.0 Å². The van der Waals surface area contributed by atoms with Crippen molar-refractivity contribution in [3.8, 4) is 0 Å². The van der Waals surface area contributed by atoms with Crippen molar-refractivity contribution in [1.82, 2.24) is 0 Å². The largest absolute Gasteiger partial charge is 0.380 e. The highest BCUT2D eigenvalue weighted by atomic mass is 35.5. The van der Waals surface area contributed by atoms with Gasteiger partial charge in [-0.05, 0) is 17.7 Å². The number of carbonyl (C=O) groups excluding carboxylic acids is 2. The van der Waals surface area contributed by atoms with Gasteiger partial charge in [0.2, 0.25) is 6.41 Å². The first-order chi connectivity index (χ1) is 9.28. The molecular weight excluding hydrogens is 306 g/mol. The zero-order valence-electron chi connectivity index (χ0n) is 11.0. The molecule has 0 aliphatic heterocycles. The number of ether oxygens (including phenoxy) is 1. The molecule has 110 valence electrons. The molecule has 1 rings (SSSR count). The fraction of sp³-hybridized carbons (Fsp3) is 0.333. The Morgan fingerprint density at radius 1 is 1.45 bits per heavy atom. The minimum atomic E-state index is -3.47. The molecule has 1 N–H and O–H groups in total. The second-order valence-corrected chi connectivity index (χ2v) is 6.73. The highest BCUT2D eigenvalue weighted by molar-refractivity contribution is 7.91. The van der Waals surface area contributed by atoms with E-state index in [0.29, 0.717) is 17.0 Å². The highest BCUT2D eigenvalue weighted by Crippen LogP contribution is 2.26. The first kappa shape index (κ1) is 16.6. The average Bonchev–Trinajstić information content (AvgIpc) is 2.30. The topological polar surface area (TPSA) is 89.5 Å². The number of halogens is 1. The molecule has 8 heteroatoms. The number of hydrogen-bond acceptors (Lipinski definition) is 5. The first-order valence-electron chi connectivity index (χ1n) is 5.51. The molecule has 0 aliphatic rings. The maximum atomic E-state index is 12.0. The van der Waals surface area contributed by atoms with Crippen LogP contribution in [-0.4, -0.2) is 39.7 Å². The number of amides is 1. The highest BCUT2D eigenvalue weighted by Gasteiger charge is 2.19. The predicted octanol–water partition coefficient (Wildman–Crippen LogP) is 1.28. The Bertz CT molecular complexity index is 627. The molecule has 0 aromatic heterocycles. The molecule has 0 saturated carbocycles. The van der Waals surface area contributed by atoms with Crippen molar-refractivity contribution in [2.75, 3.05) is 24.4 Å². The average molecular weight is 320 g/mol. The number of rotatable bonds is 7. The summed E-state index contributed by atoms with van der Waals surface area (Å²) in [6.07, 6.45) is 1.35. The van der Waals surface area contributed by atoms with Crippen LogP contribution in [0.15, 0.2) is 12.1 Å². The molecule has 0 radical (unpaired) electrons. The van der Waals surface area contributed by atoms with Gasteiger partial charge in [-0.15, -0.1) is 0 Å². The molecule has 0 bridgehead atoms. The van der Waals surface area contributed by atoms with Crippen LogP contribution in [0.5, 0.6) is 0 Å². The van der Waals surface area contributed by atoms with Crippen molar-refractivity contribution < 1.29 is 22.7 Å². The van der Waals surface area contributed by atoms with Crippen LogP contribution in [0, 0.1) is 0 Å². The molecule has 1 amide bonds. The summed E-state index contributed by atoms with van der Waals surface area (Å²) in [6.45, 7) is 0.166. The van der Waals surface area contributed by atoms with Crippen molar-refractivity contribution >= 4 is 39.3 Å². The normalized spacial score (nSPS) is 11.2. The second kappa shape index (κ2) is 6.83. The fourth-order valence-corrected chi connectivity index (χ4v) is 2.46. The van der Waals surface area contributed by atoms with E-state index < -0.39 is 21.4 Å². The molecule has 20 heavy (non-hydrogen) atoms. The summed E-state index contributed by atoms with van der Waals surface area (Å²) in [5, 5.41) is 2.64. The number of sulfone groups is 1. The lowest BCUT2D eigenvalue weighted by Gasteiger charge is -2.11. The van der Waals surface area contributed by atoms with E-state index in [1.807, 2.05) is 0 Å². The van der Waals surface area contributed by atoms with Gasteiger partial charge in [0.15, 0.2) is 15.6 Å². The van der Waals surface area contributed by atoms with Gasteiger partial charge < -0.3 is 10.1 Å². The summed E-state index contributed by atoms with van der Waals surface area (Å²) in [5.41, 5.74) is 0.778. The maximum absolute atomic E-state index is 12.0. The number of ketones is 1. The third-order valence-electron chi connectivity index (χ3n) is 2.39. The molecule has 0 atom stereocenters. The van der Waals surface area contributed by atoms with E-state index in [1.54, 1.807) is 0 Å². The second-order valence-electron chi connectivity index (χ2n) is 4.18. The van der Waals surface area contributed by atoms with Gasteiger partial charge in [-0.25, -0.2) is 8.42 Å². The predicted molar refractivity (Wildman–Crippen MR) is 75.9 cm³/mol. The summed E-state index contributed by atoms with van der Waals surface area (Å²) < 4.78 is 27.3. The van der Waals surface area contributed by atoms with Crippen molar-refractivity contribution in [3.63, 3.8) is 0 Å². The minimum absolute atomic E-state index is 0.0824. The van der Waals surface area contributed by atoms with Crippen LogP contribution in [0.4, 0.5) is 5.69 Å². The molecular formula is C12H14ClNO5S. The smallest absolute Gasteiger partial charge is 0.211 e. The lowest BCUT2D eigenvalue weighted by atomic mass is 10.1. The van der Waals surface area contributed by atoms with E-state index in [9.17, 15) is 18.0 Å². The van der Waals surface area contributed by atoms with E-state index in [1.165, 1.54) is 19.2 Å². The van der Waals surface area contributed by atoms with E-state index >= 15 is 0 Å². The quantitative estimate of drug-likeness (QED) is 0.604. The van der Waals surface area contributed by atoms with E-state index in [0.717, 1.165) is 6.26 Å². The van der Waals surface area contributed by atoms with Gasteiger partial charge in [-0.2, -0.15) is 0 Å². The first-order valence-corrected chi connectivity index (χ1v) is 7.94. The van der Waals surface area contributed by atoms with Gasteiger partial charge in [0.25, 0.3) is 0 Å². The van der Waals surface area contributed by atoms with Gasteiger partial charge in [-0.1, -0.05) is 11.6 Å². The van der Waals surface area contributed by atoms with Crippen molar-refractivity contribution in [2.45, 2.75) is 6.61 Å². The third kappa shape index (κ3) is 4.59. The molecule has 0 heterocycles. The molecule has 0 fully saturated rings. The van der Waals surface area contributed by atoms with Crippen LogP contribution in [-0.2, 0) is 26.0 Å². The van der Waals surface area contributed by atoms with Crippen LogP contribution in [0.1, 0.15) is 15.9 Å². The molecule has 1 aromatic carbocycles. The number of Topliss-reactive ketones (excluding diaryl/α,β-unsaturated/α-hetero) is 1. The van der Waals surface area contributed by atoms with Crippen LogP contribution in [0.25, 0.3) is 0 Å². The lowest BCUT2D eigenvalue weighted by Crippen LogP contribution is -2.17. The molecule has 0 spiro atoms. The lowest BCUT2D eigenvalue weighted by molar-refractivity contribution is -0.105. The van der Waals surface area contributed by atoms with Crippen LogP contribution >= 0.6 is 11.6 Å². The number of carbonyl (C=O) groups is 2. The monoisotopic (exact) mass is 319 g/mol. The standard InChI is InChI=1S/C12H14ClNO5S/c1-19-5-8-3-9(12(16)6-20(2,17)18)11(14-7-15)4-10(8)13/h3-4,7H,5-6H2,1-2H3,(H,14,15). The number of methoxy groups -OCH3 is 1. The maximum Gasteiger partial charge on any atom is 0.211 e. The van der Waals surface area contributed by atoms with Crippen LogP contribution < -0.4 is 5.32 Å². The minimum Gasteiger partial charge on any atom is -0.380 e. The molecule has 0 saturated heterocycles. The van der Waals surface area contributed by atoms with Crippen molar-refractivity contribution in [1.29, 1.82) is 0 Å². The van der Waals surface area contributed by atoms with Gasteiger partial charge in [0.1, 0.15) is 5.75 Å². The summed E-state index contributed by atoms with van der Waals surface area (Å²) in [6, 6.07) is 2.81. The fourth-order valence-electron chi connectivity index (χ4n) is 1.61. The van der Waals surface area contributed by atoms with Crippen LogP contribution in [0.2, 0.25) is 5.02 Å². The number of hydrogen-bond donors (Lipinski definition) is 1. The summed E-state index contributed by atoms with van der Waals surface area (Å²) in [5.74, 6) is -1.26. The summed E-state index contributed by atoms with van der Waals surface area (Å²) >= 11 is 5.99. The zero-order chi connectivity index (χ0) is 15.3. The Hall–Kier alpha value is -1.44. The zero-order valence-corrected chi connectivity index (χ0v) is 12.5. The molecule has 1 aromatic rings. The number of anilines is 1. The van der Waals surface area contributed by atoms with Gasteiger partial charge in [-0.3, -0.25) is 9.59 Å². The summed E-state index contributed by atoms with van der Waals surface area (Å²) in [4.78, 5) is 22.6. The van der Waals surface area contributed by atoms with Crippen LogP contribution in [0.3, 0.4) is 0 Å². The number of nitrogens with one attached hydrogen (secondary N) is 1. The van der Waals surface area contributed by atoms with Gasteiger partial charge >= 0.3 is 0 Å². The van der Waals surface area contributed by atoms with Crippen molar-refractivity contribution in [3.05, 3.63) is 28.3 Å². The Labute approximate surface area is 122 Å². The Kier molecular flexibility index (Phi) is 5.67. The number of benzene rings is 1. The molecule has 6 nitrogen and oxygen atoms in total. The Morgan fingerprint density at radius 2 is 2.10 bits per heavy atom. The molecule has 0 unspecified atom stereocenters. The third-order valence-corrected chi connectivity index (χ3v) is 3.53. The Balaban J connectivity index is 3.29. The van der Waals surface area contributed by atoms with E-state index in [-0.39, 0.29) is 17.9 Å². The molecule has 0 aliphatic carbocycles. The SMILES string of the molecule is COCc1cc(C(=O)CS(C)(=O)=O)c(NC=O)cc1Cl. The van der Waals surface area contributed by atoms with E-state index in [2.05, 4.69) is 5.32 Å². The van der Waals surface area contributed by atoms with Crippen molar-refractivity contribution in [2.24, 2.45) is 0 Å². The van der Waals surface area contributed by atoms with E-state index in [4.69, 9.17) is 16.3 Å². The van der Waals surface area contributed by atoms with Gasteiger partial charge in [0.05, 0.1) is 12.3 Å². The summed E-state index contributed by atoms with van der Waals surface area (Å²) in [7, 11) is -2.00. The Morgan fingerprint density at radius 3 is 2.60 bits per heavy atom.